The molecule has 2 aliphatic heterocycles. The van der Waals surface area contributed by atoms with Crippen molar-refractivity contribution in [2.45, 2.75) is 37.9 Å². The topological polar surface area (TPSA) is 63.1 Å². The molecular formula is C21H21N5O. The molecule has 2 atom stereocenters. The number of benzene rings is 2. The number of urea groups is 1. The van der Waals surface area contributed by atoms with Gasteiger partial charge in [0, 0.05) is 30.3 Å². The molecule has 2 bridgehead atoms. The average molecular weight is 359 g/mol. The lowest BCUT2D eigenvalue weighted by Gasteiger charge is -2.28. The lowest BCUT2D eigenvalue weighted by Crippen LogP contribution is -2.44. The normalized spacial score (nSPS) is 20.8. The van der Waals surface area contributed by atoms with Gasteiger partial charge < -0.3 is 14.8 Å². The van der Waals surface area contributed by atoms with Gasteiger partial charge in [0.05, 0.1) is 6.04 Å². The summed E-state index contributed by atoms with van der Waals surface area (Å²) in [5.74, 6) is 1.86. The van der Waals surface area contributed by atoms with E-state index in [0.29, 0.717) is 0 Å². The fraction of sp³-hybridized carbons (Fsp3) is 0.286. The van der Waals surface area contributed by atoms with Gasteiger partial charge >= 0.3 is 6.03 Å². The van der Waals surface area contributed by atoms with Gasteiger partial charge in [-0.15, -0.1) is 10.2 Å². The molecule has 2 aliphatic rings. The zero-order valence-corrected chi connectivity index (χ0v) is 15.0. The zero-order valence-electron chi connectivity index (χ0n) is 15.0. The van der Waals surface area contributed by atoms with Gasteiger partial charge in [0.25, 0.3) is 0 Å². The van der Waals surface area contributed by atoms with E-state index in [9.17, 15) is 4.79 Å². The molecule has 136 valence electrons. The summed E-state index contributed by atoms with van der Waals surface area (Å²) in [5, 5.41) is 11.9. The maximum atomic E-state index is 13.0. The summed E-state index contributed by atoms with van der Waals surface area (Å²) in [6, 6.07) is 20.1. The van der Waals surface area contributed by atoms with Gasteiger partial charge in [0.15, 0.2) is 5.82 Å². The first-order valence-electron chi connectivity index (χ1n) is 9.41. The minimum atomic E-state index is -0.0197. The molecule has 2 aromatic carbocycles. The fourth-order valence-corrected chi connectivity index (χ4v) is 4.28. The van der Waals surface area contributed by atoms with Crippen molar-refractivity contribution in [3.05, 3.63) is 66.5 Å². The van der Waals surface area contributed by atoms with E-state index in [-0.39, 0.29) is 18.1 Å². The number of anilines is 1. The highest BCUT2D eigenvalue weighted by Gasteiger charge is 2.41. The van der Waals surface area contributed by atoms with Crippen molar-refractivity contribution < 1.29 is 4.79 Å². The number of hydrogen-bond donors (Lipinski definition) is 1. The Hall–Kier alpha value is -3.15. The Morgan fingerprint density at radius 1 is 0.926 bits per heavy atom. The molecule has 27 heavy (non-hydrogen) atoms. The van der Waals surface area contributed by atoms with E-state index in [2.05, 4.69) is 32.2 Å². The third kappa shape index (κ3) is 2.87. The highest BCUT2D eigenvalue weighted by atomic mass is 16.2. The van der Waals surface area contributed by atoms with Crippen LogP contribution in [-0.4, -0.2) is 37.8 Å². The quantitative estimate of drug-likeness (QED) is 0.761. The summed E-state index contributed by atoms with van der Waals surface area (Å²) in [5.41, 5.74) is 1.89. The number of nitrogens with one attached hydrogen (secondary N) is 1. The summed E-state index contributed by atoms with van der Waals surface area (Å²) in [6.45, 7) is 0.741. The van der Waals surface area contributed by atoms with Gasteiger partial charge in [-0.05, 0) is 25.0 Å². The third-order valence-corrected chi connectivity index (χ3v) is 5.55. The highest BCUT2D eigenvalue weighted by molar-refractivity contribution is 5.90. The van der Waals surface area contributed by atoms with Crippen molar-refractivity contribution in [1.29, 1.82) is 0 Å². The second kappa shape index (κ2) is 6.54. The standard InChI is InChI=1S/C21H21N5O/c27-21(22-16-9-5-2-6-10-16)26-17-11-12-18(26)14-25-19(13-17)23-24-20(25)15-7-3-1-4-8-15/h1-10,17-18H,11-14H2,(H,22,27)/t17-,18+/m0/s1. The summed E-state index contributed by atoms with van der Waals surface area (Å²) in [6.07, 6.45) is 2.78. The Balaban J connectivity index is 1.43. The van der Waals surface area contributed by atoms with Gasteiger partial charge in [-0.1, -0.05) is 48.5 Å². The van der Waals surface area contributed by atoms with Crippen molar-refractivity contribution >= 4 is 11.7 Å². The number of amides is 2. The Morgan fingerprint density at radius 3 is 2.41 bits per heavy atom. The Kier molecular flexibility index (Phi) is 3.89. The molecule has 1 fully saturated rings. The Morgan fingerprint density at radius 2 is 1.63 bits per heavy atom. The molecule has 6 heteroatoms. The van der Waals surface area contributed by atoms with Crippen LogP contribution in [0.1, 0.15) is 18.7 Å². The van der Waals surface area contributed by atoms with Crippen LogP contribution in [-0.2, 0) is 13.0 Å². The van der Waals surface area contributed by atoms with Crippen molar-refractivity contribution in [2.75, 3.05) is 5.32 Å². The number of fused-ring (bicyclic) bond motifs is 3. The molecule has 0 aliphatic carbocycles. The lowest BCUT2D eigenvalue weighted by atomic mass is 10.1. The number of aromatic nitrogens is 3. The van der Waals surface area contributed by atoms with Crippen LogP contribution in [0.25, 0.3) is 11.4 Å². The van der Waals surface area contributed by atoms with Gasteiger partial charge in [-0.3, -0.25) is 0 Å². The van der Waals surface area contributed by atoms with Gasteiger partial charge in [-0.2, -0.15) is 0 Å². The van der Waals surface area contributed by atoms with Crippen LogP contribution >= 0.6 is 0 Å². The van der Waals surface area contributed by atoms with E-state index >= 15 is 0 Å². The number of hydrogen-bond acceptors (Lipinski definition) is 3. The number of para-hydroxylation sites is 1. The first-order chi connectivity index (χ1) is 13.3. The lowest BCUT2D eigenvalue weighted by molar-refractivity contribution is 0.185. The van der Waals surface area contributed by atoms with Crippen molar-refractivity contribution in [3.63, 3.8) is 0 Å². The number of nitrogens with zero attached hydrogens (tertiary/aromatic N) is 4. The molecule has 3 aromatic rings. The average Bonchev–Trinajstić information content (AvgIpc) is 3.23. The van der Waals surface area contributed by atoms with Crippen molar-refractivity contribution in [1.82, 2.24) is 19.7 Å². The maximum Gasteiger partial charge on any atom is 0.322 e. The molecule has 3 heterocycles. The molecule has 1 N–H and O–H groups in total. The molecule has 0 spiro atoms. The number of rotatable bonds is 2. The van der Waals surface area contributed by atoms with Gasteiger partial charge in [-0.25, -0.2) is 4.79 Å². The molecule has 1 saturated heterocycles. The number of carbonyl (C=O) groups is 1. The Labute approximate surface area is 157 Å². The predicted octanol–water partition coefficient (Wildman–Crippen LogP) is 3.57. The van der Waals surface area contributed by atoms with E-state index in [4.69, 9.17) is 0 Å². The molecular weight excluding hydrogens is 338 g/mol. The van der Waals surface area contributed by atoms with E-state index in [0.717, 1.165) is 48.7 Å². The van der Waals surface area contributed by atoms with Crippen molar-refractivity contribution in [3.8, 4) is 11.4 Å². The van der Waals surface area contributed by atoms with Crippen LogP contribution in [0.5, 0.6) is 0 Å². The van der Waals surface area contributed by atoms with Crippen LogP contribution in [0, 0.1) is 0 Å². The molecule has 0 saturated carbocycles. The molecule has 6 nitrogen and oxygen atoms in total. The largest absolute Gasteiger partial charge is 0.322 e. The molecule has 1 aromatic heterocycles. The predicted molar refractivity (Wildman–Crippen MR) is 103 cm³/mol. The first-order valence-corrected chi connectivity index (χ1v) is 9.41. The SMILES string of the molecule is O=C(Nc1ccccc1)N1[C@@H]2CC[C@H]1Cc1nnc(-c3ccccc3)n1C2. The minimum absolute atomic E-state index is 0.0197. The van der Waals surface area contributed by atoms with Gasteiger partial charge in [0.2, 0.25) is 0 Å². The second-order valence-electron chi connectivity index (χ2n) is 7.21. The highest BCUT2D eigenvalue weighted by Crippen LogP contribution is 2.33. The molecule has 5 rings (SSSR count). The summed E-state index contributed by atoms with van der Waals surface area (Å²) < 4.78 is 2.20. The smallest absolute Gasteiger partial charge is 0.316 e. The van der Waals surface area contributed by atoms with E-state index in [1.54, 1.807) is 0 Å². The third-order valence-electron chi connectivity index (χ3n) is 5.55. The maximum absolute atomic E-state index is 13.0. The zero-order chi connectivity index (χ0) is 18.2. The van der Waals surface area contributed by atoms with Crippen LogP contribution in [0.3, 0.4) is 0 Å². The molecule has 0 radical (unpaired) electrons. The first kappa shape index (κ1) is 16.1. The fourth-order valence-electron chi connectivity index (χ4n) is 4.28. The van der Waals surface area contributed by atoms with E-state index in [1.165, 1.54) is 0 Å². The summed E-state index contributed by atoms with van der Waals surface area (Å²) >= 11 is 0. The molecule has 0 unspecified atom stereocenters. The minimum Gasteiger partial charge on any atom is -0.316 e. The van der Waals surface area contributed by atoms with Crippen LogP contribution < -0.4 is 5.32 Å². The van der Waals surface area contributed by atoms with Crippen LogP contribution in [0.4, 0.5) is 10.5 Å². The van der Waals surface area contributed by atoms with Crippen molar-refractivity contribution in [2.24, 2.45) is 0 Å². The van der Waals surface area contributed by atoms with E-state index in [1.807, 2.05) is 53.4 Å². The monoisotopic (exact) mass is 359 g/mol. The van der Waals surface area contributed by atoms with Crippen LogP contribution in [0.2, 0.25) is 0 Å². The second-order valence-corrected chi connectivity index (χ2v) is 7.21. The van der Waals surface area contributed by atoms with E-state index < -0.39 is 0 Å². The molecule has 2 amide bonds. The van der Waals surface area contributed by atoms with Crippen LogP contribution in [0.15, 0.2) is 60.7 Å². The number of carbonyl (C=O) groups excluding carboxylic acids is 1. The summed E-state index contributed by atoms with van der Waals surface area (Å²) in [7, 11) is 0. The van der Waals surface area contributed by atoms with Gasteiger partial charge in [0.1, 0.15) is 5.82 Å². The summed E-state index contributed by atoms with van der Waals surface area (Å²) in [4.78, 5) is 15.0. The Bertz CT molecular complexity index is 953.